The number of hydrogen-bond donors (Lipinski definition) is 2. The topological polar surface area (TPSA) is 65.7 Å². The van der Waals surface area contributed by atoms with Crippen molar-refractivity contribution >= 4 is 6.21 Å². The van der Waals surface area contributed by atoms with Crippen molar-refractivity contribution < 1.29 is 10.2 Å². The van der Waals surface area contributed by atoms with E-state index in [1.165, 1.54) is 38.5 Å². The minimum absolute atomic E-state index is 0.125. The third-order valence-corrected chi connectivity index (χ3v) is 6.34. The highest BCUT2D eigenvalue weighted by molar-refractivity contribution is 5.85. The van der Waals surface area contributed by atoms with Gasteiger partial charge in [-0.3, -0.25) is 9.98 Å². The molecule has 4 nitrogen and oxygen atoms in total. The molecule has 0 atom stereocenters. The van der Waals surface area contributed by atoms with E-state index in [-0.39, 0.29) is 12.4 Å². The monoisotopic (exact) mass is 314 g/mol. The Morgan fingerprint density at radius 3 is 2.39 bits per heavy atom. The highest BCUT2D eigenvalue weighted by Gasteiger charge is 2.50. The van der Waals surface area contributed by atoms with E-state index < -0.39 is 0 Å². The Balaban J connectivity index is 1.53. The predicted octanol–water partition coefficient (Wildman–Crippen LogP) is 3.22. The summed E-state index contributed by atoms with van der Waals surface area (Å²) in [6.45, 7) is 2.51. The summed E-state index contributed by atoms with van der Waals surface area (Å²) in [7, 11) is 0. The van der Waals surface area contributed by atoms with Gasteiger partial charge in [0, 0.05) is 30.1 Å². The van der Waals surface area contributed by atoms with Gasteiger partial charge in [-0.1, -0.05) is 0 Å². The maximum atomic E-state index is 10.2. The average molecular weight is 314 g/mol. The number of aliphatic imine (C=N–C) groups is 1. The molecule has 0 spiro atoms. The van der Waals surface area contributed by atoms with Crippen molar-refractivity contribution in [2.24, 2.45) is 28.2 Å². The van der Waals surface area contributed by atoms with Crippen molar-refractivity contribution in [2.75, 3.05) is 6.54 Å². The van der Waals surface area contributed by atoms with Gasteiger partial charge in [0.1, 0.15) is 5.75 Å². The number of aryl methyl sites for hydroxylation is 1. The van der Waals surface area contributed by atoms with Crippen LogP contribution >= 0.6 is 0 Å². The van der Waals surface area contributed by atoms with Crippen LogP contribution in [0, 0.1) is 30.1 Å². The van der Waals surface area contributed by atoms with Crippen LogP contribution in [-0.2, 0) is 6.61 Å². The number of aromatic nitrogens is 1. The van der Waals surface area contributed by atoms with Crippen molar-refractivity contribution in [2.45, 2.75) is 52.1 Å². The van der Waals surface area contributed by atoms with Crippen LogP contribution in [0.3, 0.4) is 0 Å². The first-order valence-electron chi connectivity index (χ1n) is 8.87. The van der Waals surface area contributed by atoms with E-state index in [4.69, 9.17) is 4.99 Å². The highest BCUT2D eigenvalue weighted by Crippen LogP contribution is 2.60. The summed E-state index contributed by atoms with van der Waals surface area (Å²) in [6, 6.07) is 0. The molecule has 4 fully saturated rings. The predicted molar refractivity (Wildman–Crippen MR) is 89.6 cm³/mol. The normalized spacial score (nSPS) is 35.3. The summed E-state index contributed by atoms with van der Waals surface area (Å²) in [5.41, 5.74) is 2.26. The van der Waals surface area contributed by atoms with Gasteiger partial charge in [0.15, 0.2) is 0 Å². The molecule has 1 aromatic heterocycles. The summed E-state index contributed by atoms with van der Waals surface area (Å²) in [6.07, 6.45) is 11.7. The van der Waals surface area contributed by atoms with Gasteiger partial charge < -0.3 is 10.2 Å². The van der Waals surface area contributed by atoms with Crippen LogP contribution in [0.25, 0.3) is 0 Å². The molecule has 4 aliphatic rings. The van der Waals surface area contributed by atoms with Crippen LogP contribution in [0.2, 0.25) is 0 Å². The molecule has 4 heteroatoms. The van der Waals surface area contributed by atoms with Gasteiger partial charge in [0.25, 0.3) is 0 Å². The molecule has 0 unspecified atom stereocenters. The van der Waals surface area contributed by atoms with Gasteiger partial charge in [-0.15, -0.1) is 0 Å². The summed E-state index contributed by atoms with van der Waals surface area (Å²) in [5.74, 6) is 2.94. The fourth-order valence-corrected chi connectivity index (χ4v) is 5.74. The van der Waals surface area contributed by atoms with Crippen molar-refractivity contribution in [3.05, 3.63) is 23.0 Å². The second-order valence-electron chi connectivity index (χ2n) is 8.18. The number of rotatable bonds is 4. The highest BCUT2D eigenvalue weighted by atomic mass is 16.3. The SMILES string of the molecule is Cc1ncc(CO)c(C=NCC23CC4CC(CC(C4)C2)C3)c1O. The standard InChI is InChI=1S/C19H26N2O2/c1-12-18(23)17(16(10-22)8-21-12)9-20-11-19-5-13-2-14(6-19)4-15(3-13)7-19/h8-9,13-15,22-23H,2-7,10-11H2,1H3. The Hall–Kier alpha value is -1.42. The van der Waals surface area contributed by atoms with Crippen molar-refractivity contribution in [1.29, 1.82) is 0 Å². The molecule has 124 valence electrons. The van der Waals surface area contributed by atoms with E-state index in [1.807, 2.05) is 0 Å². The third-order valence-electron chi connectivity index (χ3n) is 6.34. The molecule has 0 saturated heterocycles. The molecule has 4 saturated carbocycles. The van der Waals surface area contributed by atoms with E-state index in [0.29, 0.717) is 22.2 Å². The van der Waals surface area contributed by atoms with Crippen LogP contribution in [0.15, 0.2) is 11.2 Å². The van der Waals surface area contributed by atoms with Gasteiger partial charge in [-0.25, -0.2) is 0 Å². The van der Waals surface area contributed by atoms with E-state index in [2.05, 4.69) is 4.98 Å². The quantitative estimate of drug-likeness (QED) is 0.839. The van der Waals surface area contributed by atoms with Gasteiger partial charge in [0.05, 0.1) is 12.3 Å². The minimum Gasteiger partial charge on any atom is -0.505 e. The molecule has 23 heavy (non-hydrogen) atoms. The van der Waals surface area contributed by atoms with Gasteiger partial charge in [-0.05, 0) is 68.6 Å². The second-order valence-corrected chi connectivity index (χ2v) is 8.18. The third kappa shape index (κ3) is 2.67. The lowest BCUT2D eigenvalue weighted by Crippen LogP contribution is -2.47. The first-order valence-corrected chi connectivity index (χ1v) is 8.87. The van der Waals surface area contributed by atoms with E-state index in [0.717, 1.165) is 24.3 Å². The number of nitrogens with zero attached hydrogens (tertiary/aromatic N) is 2. The zero-order valence-corrected chi connectivity index (χ0v) is 13.8. The van der Waals surface area contributed by atoms with Crippen LogP contribution in [0.4, 0.5) is 0 Å². The molecule has 0 aromatic carbocycles. The Morgan fingerprint density at radius 2 is 1.83 bits per heavy atom. The maximum Gasteiger partial charge on any atom is 0.145 e. The van der Waals surface area contributed by atoms with E-state index in [9.17, 15) is 10.2 Å². The Kier molecular flexibility index (Phi) is 3.67. The molecule has 4 aliphatic carbocycles. The number of aromatic hydroxyl groups is 1. The zero-order chi connectivity index (χ0) is 16.0. The minimum atomic E-state index is -0.125. The molecular weight excluding hydrogens is 288 g/mol. The van der Waals surface area contributed by atoms with Crippen LogP contribution < -0.4 is 0 Å². The molecule has 2 N–H and O–H groups in total. The molecule has 1 heterocycles. The maximum absolute atomic E-state index is 10.2. The smallest absolute Gasteiger partial charge is 0.145 e. The molecule has 5 rings (SSSR count). The summed E-state index contributed by atoms with van der Waals surface area (Å²) < 4.78 is 0. The van der Waals surface area contributed by atoms with Crippen molar-refractivity contribution in [1.82, 2.24) is 4.98 Å². The number of aliphatic hydroxyl groups excluding tert-OH is 1. The second kappa shape index (κ2) is 5.59. The lowest BCUT2D eigenvalue weighted by molar-refractivity contribution is -0.0464. The molecule has 0 amide bonds. The Morgan fingerprint density at radius 1 is 1.22 bits per heavy atom. The lowest BCUT2D eigenvalue weighted by atomic mass is 9.49. The van der Waals surface area contributed by atoms with E-state index in [1.54, 1.807) is 19.3 Å². The van der Waals surface area contributed by atoms with Crippen LogP contribution in [0.1, 0.15) is 55.3 Å². The molecule has 0 radical (unpaired) electrons. The first kappa shape index (κ1) is 15.1. The van der Waals surface area contributed by atoms with E-state index >= 15 is 0 Å². The Bertz CT molecular complexity index is 603. The number of hydrogen-bond acceptors (Lipinski definition) is 4. The van der Waals surface area contributed by atoms with Crippen LogP contribution in [0.5, 0.6) is 5.75 Å². The fraction of sp³-hybridized carbons (Fsp3) is 0.684. The first-order chi connectivity index (χ1) is 11.1. The lowest BCUT2D eigenvalue weighted by Gasteiger charge is -2.56. The number of pyridine rings is 1. The van der Waals surface area contributed by atoms with Crippen LogP contribution in [-0.4, -0.2) is 28.0 Å². The molecule has 1 aromatic rings. The molecule has 4 bridgehead atoms. The van der Waals surface area contributed by atoms with Gasteiger partial charge in [-0.2, -0.15) is 0 Å². The summed E-state index contributed by atoms with van der Waals surface area (Å²) in [4.78, 5) is 8.82. The average Bonchev–Trinajstić information content (AvgIpc) is 2.50. The number of aliphatic hydroxyl groups is 1. The van der Waals surface area contributed by atoms with Gasteiger partial charge in [0.2, 0.25) is 0 Å². The van der Waals surface area contributed by atoms with Gasteiger partial charge >= 0.3 is 0 Å². The zero-order valence-electron chi connectivity index (χ0n) is 13.8. The van der Waals surface area contributed by atoms with Crippen molar-refractivity contribution in [3.63, 3.8) is 0 Å². The Labute approximate surface area is 137 Å². The molecule has 0 aliphatic heterocycles. The summed E-state index contributed by atoms with van der Waals surface area (Å²) in [5, 5.41) is 19.7. The molecular formula is C19H26N2O2. The largest absolute Gasteiger partial charge is 0.505 e. The van der Waals surface area contributed by atoms with Crippen molar-refractivity contribution in [3.8, 4) is 5.75 Å². The summed E-state index contributed by atoms with van der Waals surface area (Å²) >= 11 is 0. The fourth-order valence-electron chi connectivity index (χ4n) is 5.74.